The van der Waals surface area contributed by atoms with Crippen LogP contribution in [0.4, 0.5) is 0 Å². The summed E-state index contributed by atoms with van der Waals surface area (Å²) in [6.07, 6.45) is 10.1. The molecule has 3 saturated carbocycles. The molecule has 0 spiro atoms. The summed E-state index contributed by atoms with van der Waals surface area (Å²) in [5.74, 6) is 1.95. The molecule has 0 aromatic heterocycles. The van der Waals surface area contributed by atoms with Crippen molar-refractivity contribution in [2.45, 2.75) is 72.1 Å². The summed E-state index contributed by atoms with van der Waals surface area (Å²) in [5, 5.41) is 0. The van der Waals surface area contributed by atoms with Crippen molar-refractivity contribution >= 4 is 17.5 Å². The van der Waals surface area contributed by atoms with E-state index in [4.69, 9.17) is 4.74 Å². The first-order valence-electron chi connectivity index (χ1n) is 10.7. The molecule has 0 aromatic carbocycles. The van der Waals surface area contributed by atoms with Crippen LogP contribution in [0, 0.1) is 34.5 Å². The van der Waals surface area contributed by atoms with Crippen LogP contribution in [0.15, 0.2) is 11.6 Å². The Hall–Kier alpha value is -1.45. The molecule has 4 aliphatic rings. The molecule has 0 unspecified atom stereocenters. The van der Waals surface area contributed by atoms with E-state index in [2.05, 4.69) is 13.8 Å². The van der Waals surface area contributed by atoms with Crippen LogP contribution in [0.3, 0.4) is 0 Å². The summed E-state index contributed by atoms with van der Waals surface area (Å²) in [5.41, 5.74) is 1.61. The fourth-order valence-corrected chi connectivity index (χ4v) is 7.36. The Kier molecular flexibility index (Phi) is 4.59. The summed E-state index contributed by atoms with van der Waals surface area (Å²) >= 11 is 0. The van der Waals surface area contributed by atoms with Gasteiger partial charge in [-0.15, -0.1) is 0 Å². The van der Waals surface area contributed by atoms with Crippen LogP contribution in [-0.2, 0) is 19.1 Å². The quantitative estimate of drug-likeness (QED) is 0.694. The molecule has 0 bridgehead atoms. The lowest BCUT2D eigenvalue weighted by molar-refractivity contribution is -0.149. The number of Topliss-reactive ketones (excluding diaryl/α,β-unsaturated/α-hetero) is 1. The Labute approximate surface area is 162 Å². The predicted molar refractivity (Wildman–Crippen MR) is 102 cm³/mol. The lowest BCUT2D eigenvalue weighted by Crippen LogP contribution is -2.51. The van der Waals surface area contributed by atoms with Gasteiger partial charge in [0.05, 0.1) is 0 Å². The maximum atomic E-state index is 12.8. The lowest BCUT2D eigenvalue weighted by atomic mass is 9.46. The zero-order valence-electron chi connectivity index (χ0n) is 16.9. The Morgan fingerprint density at radius 3 is 2.59 bits per heavy atom. The fraction of sp³-hybridized carbons (Fsp3) is 0.783. The number of rotatable bonds is 3. The molecule has 0 N–H and O–H groups in total. The van der Waals surface area contributed by atoms with Crippen molar-refractivity contribution < 1.29 is 19.1 Å². The molecule has 4 nitrogen and oxygen atoms in total. The molecule has 0 heterocycles. The van der Waals surface area contributed by atoms with Gasteiger partial charge in [-0.05, 0) is 79.6 Å². The Balaban J connectivity index is 1.56. The van der Waals surface area contributed by atoms with E-state index in [0.717, 1.165) is 44.9 Å². The maximum absolute atomic E-state index is 12.8. The highest BCUT2D eigenvalue weighted by molar-refractivity contribution is 5.91. The van der Waals surface area contributed by atoms with Gasteiger partial charge in [-0.3, -0.25) is 14.4 Å². The van der Waals surface area contributed by atoms with Gasteiger partial charge in [-0.2, -0.15) is 0 Å². The molecule has 6 atom stereocenters. The van der Waals surface area contributed by atoms with Crippen LogP contribution >= 0.6 is 0 Å². The number of hydrogen-bond donors (Lipinski definition) is 0. The second-order valence-electron chi connectivity index (χ2n) is 9.89. The van der Waals surface area contributed by atoms with Crippen LogP contribution in [0.25, 0.3) is 0 Å². The first-order chi connectivity index (χ1) is 12.8. The van der Waals surface area contributed by atoms with Crippen molar-refractivity contribution in [2.24, 2.45) is 34.5 Å². The molecule has 4 heteroatoms. The van der Waals surface area contributed by atoms with Crippen molar-refractivity contribution in [3.63, 3.8) is 0 Å². The molecule has 27 heavy (non-hydrogen) atoms. The number of hydrogen-bond acceptors (Lipinski definition) is 4. The molecule has 0 amide bonds. The minimum atomic E-state index is -0.377. The molecule has 4 rings (SSSR count). The zero-order chi connectivity index (χ0) is 19.4. The van der Waals surface area contributed by atoms with E-state index >= 15 is 0 Å². The summed E-state index contributed by atoms with van der Waals surface area (Å²) in [6.45, 7) is 6.00. The van der Waals surface area contributed by atoms with Crippen molar-refractivity contribution in [3.05, 3.63) is 11.6 Å². The number of carbonyl (C=O) groups excluding carboxylic acids is 3. The first-order valence-corrected chi connectivity index (χ1v) is 10.7. The van der Waals surface area contributed by atoms with Crippen molar-refractivity contribution in [1.82, 2.24) is 0 Å². The molecule has 0 aromatic rings. The second kappa shape index (κ2) is 6.56. The maximum Gasteiger partial charge on any atom is 0.303 e. The van der Waals surface area contributed by atoms with E-state index < -0.39 is 0 Å². The van der Waals surface area contributed by atoms with Gasteiger partial charge in [0.25, 0.3) is 0 Å². The third-order valence-electron chi connectivity index (χ3n) is 8.77. The van der Waals surface area contributed by atoms with Gasteiger partial charge < -0.3 is 4.74 Å². The highest BCUT2D eigenvalue weighted by Crippen LogP contribution is 2.66. The summed E-state index contributed by atoms with van der Waals surface area (Å²) in [6, 6.07) is 0. The standard InChI is InChI=1S/C23H32O4/c1-14(24)27-13-21(26)20-7-6-18-17-5-4-15-12-16(25)8-10-22(15,2)19(17)9-11-23(18,20)3/h12,17-20H,4-11,13H2,1-3H3/t17-,18-,19+,20-,22+,23+/m1/s1. The Bertz CT molecular complexity index is 707. The topological polar surface area (TPSA) is 60.4 Å². The molecule has 0 radical (unpaired) electrons. The SMILES string of the molecule is CC(=O)OCC(=O)[C@H]1CC[C@@H]2[C@H]3CCC4=CC(=O)CC[C@]4(C)[C@H]3CC[C@]12C. The number of carbonyl (C=O) groups is 3. The van der Waals surface area contributed by atoms with Crippen LogP contribution in [0.5, 0.6) is 0 Å². The van der Waals surface area contributed by atoms with E-state index in [0.29, 0.717) is 30.0 Å². The van der Waals surface area contributed by atoms with Crippen molar-refractivity contribution in [2.75, 3.05) is 6.61 Å². The van der Waals surface area contributed by atoms with E-state index in [-0.39, 0.29) is 35.1 Å². The van der Waals surface area contributed by atoms with Crippen LogP contribution in [-0.4, -0.2) is 24.1 Å². The average molecular weight is 373 g/mol. The minimum Gasteiger partial charge on any atom is -0.458 e. The number of ether oxygens (including phenoxy) is 1. The second-order valence-corrected chi connectivity index (χ2v) is 9.89. The van der Waals surface area contributed by atoms with Gasteiger partial charge in [-0.1, -0.05) is 19.4 Å². The normalized spacial score (nSPS) is 43.2. The molecule has 3 fully saturated rings. The zero-order valence-corrected chi connectivity index (χ0v) is 16.9. The van der Waals surface area contributed by atoms with Crippen molar-refractivity contribution in [3.8, 4) is 0 Å². The van der Waals surface area contributed by atoms with E-state index in [1.807, 2.05) is 6.08 Å². The lowest BCUT2D eigenvalue weighted by Gasteiger charge is -2.58. The van der Waals surface area contributed by atoms with Crippen LogP contribution in [0.1, 0.15) is 72.1 Å². The van der Waals surface area contributed by atoms with Gasteiger partial charge in [0.15, 0.2) is 11.6 Å². The van der Waals surface area contributed by atoms with Crippen molar-refractivity contribution in [1.29, 1.82) is 0 Å². The van der Waals surface area contributed by atoms with Gasteiger partial charge in [0.1, 0.15) is 6.61 Å². The first kappa shape index (κ1) is 18.9. The molecule has 0 saturated heterocycles. The summed E-state index contributed by atoms with van der Waals surface area (Å²) in [4.78, 5) is 35.8. The van der Waals surface area contributed by atoms with Gasteiger partial charge in [0, 0.05) is 19.3 Å². The molecule has 0 aliphatic heterocycles. The number of ketones is 2. The summed E-state index contributed by atoms with van der Waals surface area (Å²) in [7, 11) is 0. The summed E-state index contributed by atoms with van der Waals surface area (Å²) < 4.78 is 5.02. The number of allylic oxidation sites excluding steroid dienone is 1. The number of esters is 1. The Morgan fingerprint density at radius 1 is 1.07 bits per heavy atom. The molecular weight excluding hydrogens is 340 g/mol. The van der Waals surface area contributed by atoms with Crippen LogP contribution in [0.2, 0.25) is 0 Å². The van der Waals surface area contributed by atoms with E-state index in [1.54, 1.807) is 0 Å². The molecular formula is C23H32O4. The van der Waals surface area contributed by atoms with Crippen LogP contribution < -0.4 is 0 Å². The largest absolute Gasteiger partial charge is 0.458 e. The monoisotopic (exact) mass is 372 g/mol. The predicted octanol–water partition coefficient (Wildman–Crippen LogP) is 4.27. The van der Waals surface area contributed by atoms with E-state index in [9.17, 15) is 14.4 Å². The Morgan fingerprint density at radius 2 is 1.85 bits per heavy atom. The molecule has 4 aliphatic carbocycles. The highest BCUT2D eigenvalue weighted by atomic mass is 16.5. The highest BCUT2D eigenvalue weighted by Gasteiger charge is 2.60. The molecule has 148 valence electrons. The number of fused-ring (bicyclic) bond motifs is 5. The fourth-order valence-electron chi connectivity index (χ4n) is 7.36. The van der Waals surface area contributed by atoms with Gasteiger partial charge in [0.2, 0.25) is 0 Å². The van der Waals surface area contributed by atoms with Gasteiger partial charge >= 0.3 is 5.97 Å². The van der Waals surface area contributed by atoms with E-state index in [1.165, 1.54) is 12.5 Å². The third kappa shape index (κ3) is 2.91. The minimum absolute atomic E-state index is 0.0282. The third-order valence-corrected chi connectivity index (χ3v) is 8.77. The van der Waals surface area contributed by atoms with Gasteiger partial charge in [-0.25, -0.2) is 0 Å². The average Bonchev–Trinajstić information content (AvgIpc) is 2.97. The smallest absolute Gasteiger partial charge is 0.303 e.